The van der Waals surface area contributed by atoms with Crippen LogP contribution in [0.15, 0.2) is 24.3 Å². The molecule has 0 fully saturated rings. The molecular formula is C15H24N2O3. The number of nitrogens with one attached hydrogen (secondary N) is 1. The number of rotatable bonds is 8. The van der Waals surface area contributed by atoms with Crippen molar-refractivity contribution >= 4 is 5.91 Å². The Morgan fingerprint density at radius 2 is 2.15 bits per heavy atom. The van der Waals surface area contributed by atoms with Crippen molar-refractivity contribution in [2.75, 3.05) is 20.3 Å². The van der Waals surface area contributed by atoms with Crippen LogP contribution in [0.2, 0.25) is 0 Å². The molecule has 1 rings (SSSR count). The van der Waals surface area contributed by atoms with Crippen molar-refractivity contribution in [2.24, 2.45) is 5.73 Å². The molecule has 0 saturated carbocycles. The summed E-state index contributed by atoms with van der Waals surface area (Å²) in [5.74, 6) is 0.520. The van der Waals surface area contributed by atoms with Crippen molar-refractivity contribution in [3.05, 3.63) is 29.8 Å². The first-order valence-electron chi connectivity index (χ1n) is 6.83. The Labute approximate surface area is 120 Å². The van der Waals surface area contributed by atoms with E-state index in [2.05, 4.69) is 5.32 Å². The summed E-state index contributed by atoms with van der Waals surface area (Å²) in [5, 5.41) is 2.81. The van der Waals surface area contributed by atoms with Gasteiger partial charge in [-0.05, 0) is 38.0 Å². The van der Waals surface area contributed by atoms with Gasteiger partial charge in [-0.1, -0.05) is 12.1 Å². The van der Waals surface area contributed by atoms with Gasteiger partial charge < -0.3 is 20.5 Å². The fourth-order valence-corrected chi connectivity index (χ4v) is 1.70. The highest BCUT2D eigenvalue weighted by Crippen LogP contribution is 2.18. The molecule has 5 nitrogen and oxygen atoms in total. The normalized spacial score (nSPS) is 13.6. The van der Waals surface area contributed by atoms with E-state index < -0.39 is 6.10 Å². The molecule has 5 heteroatoms. The molecule has 2 atom stereocenters. The third-order valence-electron chi connectivity index (χ3n) is 2.89. The van der Waals surface area contributed by atoms with E-state index in [1.165, 1.54) is 0 Å². The number of hydrogen-bond acceptors (Lipinski definition) is 4. The lowest BCUT2D eigenvalue weighted by Gasteiger charge is -2.16. The molecule has 0 saturated heterocycles. The summed E-state index contributed by atoms with van der Waals surface area (Å²) in [6, 6.07) is 7.43. The Hall–Kier alpha value is -1.59. The van der Waals surface area contributed by atoms with E-state index in [0.717, 1.165) is 12.0 Å². The second-order valence-corrected chi connectivity index (χ2v) is 4.76. The first kappa shape index (κ1) is 16.5. The second-order valence-electron chi connectivity index (χ2n) is 4.76. The van der Waals surface area contributed by atoms with E-state index in [-0.39, 0.29) is 11.9 Å². The van der Waals surface area contributed by atoms with Crippen LogP contribution in [0.5, 0.6) is 5.75 Å². The van der Waals surface area contributed by atoms with Gasteiger partial charge in [-0.3, -0.25) is 4.79 Å². The number of hydrogen-bond donors (Lipinski definition) is 2. The van der Waals surface area contributed by atoms with Crippen LogP contribution in [-0.4, -0.2) is 32.3 Å². The molecule has 0 heterocycles. The molecule has 20 heavy (non-hydrogen) atoms. The van der Waals surface area contributed by atoms with Crippen LogP contribution in [0.1, 0.15) is 31.9 Å². The monoisotopic (exact) mass is 280 g/mol. The fourth-order valence-electron chi connectivity index (χ4n) is 1.70. The van der Waals surface area contributed by atoms with Crippen molar-refractivity contribution in [3.8, 4) is 5.75 Å². The SMILES string of the molecule is COCCCNC(=O)C(C)Oc1cccc([C@H](C)N)c1. The third kappa shape index (κ3) is 5.59. The third-order valence-corrected chi connectivity index (χ3v) is 2.89. The Morgan fingerprint density at radius 3 is 2.80 bits per heavy atom. The second kappa shape index (κ2) is 8.55. The predicted octanol–water partition coefficient (Wildman–Crippen LogP) is 1.63. The Morgan fingerprint density at radius 1 is 1.40 bits per heavy atom. The fraction of sp³-hybridized carbons (Fsp3) is 0.533. The maximum absolute atomic E-state index is 11.8. The minimum Gasteiger partial charge on any atom is -0.481 e. The zero-order valence-electron chi connectivity index (χ0n) is 12.4. The van der Waals surface area contributed by atoms with Crippen LogP contribution >= 0.6 is 0 Å². The largest absolute Gasteiger partial charge is 0.481 e. The summed E-state index contributed by atoms with van der Waals surface area (Å²) in [4.78, 5) is 11.8. The summed E-state index contributed by atoms with van der Waals surface area (Å²) in [6.45, 7) is 4.85. The first-order valence-corrected chi connectivity index (χ1v) is 6.83. The van der Waals surface area contributed by atoms with Gasteiger partial charge in [0.05, 0.1) is 0 Å². The van der Waals surface area contributed by atoms with E-state index >= 15 is 0 Å². The molecule has 1 amide bonds. The highest BCUT2D eigenvalue weighted by Gasteiger charge is 2.14. The maximum atomic E-state index is 11.8. The van der Waals surface area contributed by atoms with Crippen LogP contribution in [0.3, 0.4) is 0 Å². The van der Waals surface area contributed by atoms with Gasteiger partial charge in [-0.2, -0.15) is 0 Å². The molecule has 0 spiro atoms. The molecule has 0 bridgehead atoms. The first-order chi connectivity index (χ1) is 9.54. The van der Waals surface area contributed by atoms with E-state index in [4.69, 9.17) is 15.2 Å². The lowest BCUT2D eigenvalue weighted by molar-refractivity contribution is -0.127. The summed E-state index contributed by atoms with van der Waals surface area (Å²) < 4.78 is 10.5. The Bertz CT molecular complexity index is 421. The highest BCUT2D eigenvalue weighted by molar-refractivity contribution is 5.80. The zero-order chi connectivity index (χ0) is 15.0. The van der Waals surface area contributed by atoms with Gasteiger partial charge in [0.15, 0.2) is 6.10 Å². The molecule has 0 aromatic heterocycles. The minimum atomic E-state index is -0.541. The van der Waals surface area contributed by atoms with Gasteiger partial charge in [0.25, 0.3) is 5.91 Å². The van der Waals surface area contributed by atoms with Crippen LogP contribution in [0, 0.1) is 0 Å². The van der Waals surface area contributed by atoms with Crippen LogP contribution in [0.4, 0.5) is 0 Å². The average Bonchev–Trinajstić information content (AvgIpc) is 2.43. The van der Waals surface area contributed by atoms with Crippen molar-refractivity contribution in [1.29, 1.82) is 0 Å². The van der Waals surface area contributed by atoms with Gasteiger partial charge in [0, 0.05) is 26.3 Å². The number of ether oxygens (including phenoxy) is 2. The number of methoxy groups -OCH3 is 1. The van der Waals surface area contributed by atoms with Crippen molar-refractivity contribution in [2.45, 2.75) is 32.4 Å². The van der Waals surface area contributed by atoms with Gasteiger partial charge >= 0.3 is 0 Å². The van der Waals surface area contributed by atoms with Gasteiger partial charge in [0.2, 0.25) is 0 Å². The lowest BCUT2D eigenvalue weighted by Crippen LogP contribution is -2.37. The summed E-state index contributed by atoms with van der Waals surface area (Å²) in [5.41, 5.74) is 6.80. The molecule has 1 unspecified atom stereocenters. The number of nitrogens with two attached hydrogens (primary N) is 1. The van der Waals surface area contributed by atoms with E-state index in [1.807, 2.05) is 31.2 Å². The van der Waals surface area contributed by atoms with Crippen molar-refractivity contribution < 1.29 is 14.3 Å². The standard InChI is InChI=1S/C15H24N2O3/c1-11(16)13-6-4-7-14(10-13)20-12(2)15(18)17-8-5-9-19-3/h4,6-7,10-12H,5,8-9,16H2,1-3H3,(H,17,18)/t11-,12?/m0/s1. The highest BCUT2D eigenvalue weighted by atomic mass is 16.5. The summed E-state index contributed by atoms with van der Waals surface area (Å²) >= 11 is 0. The van der Waals surface area contributed by atoms with Crippen molar-refractivity contribution in [1.82, 2.24) is 5.32 Å². The summed E-state index contributed by atoms with van der Waals surface area (Å²) in [7, 11) is 1.64. The number of benzene rings is 1. The number of carbonyl (C=O) groups is 1. The molecule has 3 N–H and O–H groups in total. The van der Waals surface area contributed by atoms with Gasteiger partial charge in [0.1, 0.15) is 5.75 Å². The number of carbonyl (C=O) groups excluding carboxylic acids is 1. The smallest absolute Gasteiger partial charge is 0.260 e. The predicted molar refractivity (Wildman–Crippen MR) is 78.6 cm³/mol. The van der Waals surface area contributed by atoms with Crippen LogP contribution < -0.4 is 15.8 Å². The zero-order valence-corrected chi connectivity index (χ0v) is 12.4. The van der Waals surface area contributed by atoms with E-state index in [9.17, 15) is 4.79 Å². The van der Waals surface area contributed by atoms with Gasteiger partial charge in [-0.25, -0.2) is 0 Å². The van der Waals surface area contributed by atoms with E-state index in [0.29, 0.717) is 18.9 Å². The van der Waals surface area contributed by atoms with Crippen LogP contribution in [-0.2, 0) is 9.53 Å². The molecule has 112 valence electrons. The molecular weight excluding hydrogens is 256 g/mol. The molecule has 1 aromatic rings. The average molecular weight is 280 g/mol. The molecule has 0 aliphatic rings. The van der Waals surface area contributed by atoms with Crippen molar-refractivity contribution in [3.63, 3.8) is 0 Å². The van der Waals surface area contributed by atoms with E-state index in [1.54, 1.807) is 14.0 Å². The molecule has 0 radical (unpaired) electrons. The maximum Gasteiger partial charge on any atom is 0.260 e. The molecule has 0 aliphatic carbocycles. The quantitative estimate of drug-likeness (QED) is 0.710. The van der Waals surface area contributed by atoms with Crippen LogP contribution in [0.25, 0.3) is 0 Å². The molecule has 0 aliphatic heterocycles. The Balaban J connectivity index is 2.46. The minimum absolute atomic E-state index is 0.0586. The van der Waals surface area contributed by atoms with Gasteiger partial charge in [-0.15, -0.1) is 0 Å². The summed E-state index contributed by atoms with van der Waals surface area (Å²) in [6.07, 6.45) is 0.246. The molecule has 1 aromatic carbocycles. The topological polar surface area (TPSA) is 73.6 Å². The lowest BCUT2D eigenvalue weighted by atomic mass is 10.1. The number of amides is 1. The Kier molecular flexibility index (Phi) is 7.04.